The predicted octanol–water partition coefficient (Wildman–Crippen LogP) is 13.2. The molecule has 0 nitrogen and oxygen atoms in total. The predicted molar refractivity (Wildman–Crippen MR) is 182 cm³/mol. The van der Waals surface area contributed by atoms with Gasteiger partial charge in [-0.15, -0.1) is 0 Å². The van der Waals surface area contributed by atoms with Crippen molar-refractivity contribution in [3.05, 3.63) is 36.5 Å². The summed E-state index contributed by atoms with van der Waals surface area (Å²) >= 11 is 0. The molecule has 0 aromatic heterocycles. The Hall–Kier alpha value is -0.780. The molecule has 2 saturated carbocycles. The molecule has 2 rings (SSSR count). The molecule has 0 aromatic carbocycles. The van der Waals surface area contributed by atoms with Gasteiger partial charge in [-0.3, -0.25) is 0 Å². The number of hydrogen-bond acceptors (Lipinski definition) is 0. The highest BCUT2D eigenvalue weighted by molar-refractivity contribution is 5.01. The van der Waals surface area contributed by atoms with E-state index in [1.807, 2.05) is 0 Å². The second-order valence-electron chi connectivity index (χ2n) is 16.5. The van der Waals surface area contributed by atoms with Crippen LogP contribution in [-0.2, 0) is 0 Å². The number of rotatable bonds is 16. The van der Waals surface area contributed by atoms with Gasteiger partial charge in [-0.05, 0) is 103 Å². The SMILES string of the molecule is C[C@H](C/C=C/[C@@H](C)C/C=C/C[C@H](C)CCC[C@H](C)/C=C/[C@H]1[C@@H](C)CCCC1(C)C)CC[C@H]1[C@@H](C)CCCC1(C)C. The van der Waals surface area contributed by atoms with Crippen LogP contribution in [0.5, 0.6) is 0 Å². The van der Waals surface area contributed by atoms with Crippen LogP contribution < -0.4 is 0 Å². The first-order valence-electron chi connectivity index (χ1n) is 17.8. The van der Waals surface area contributed by atoms with Gasteiger partial charge in [0.25, 0.3) is 0 Å². The van der Waals surface area contributed by atoms with Gasteiger partial charge < -0.3 is 0 Å². The minimum atomic E-state index is 0.477. The van der Waals surface area contributed by atoms with Crippen molar-refractivity contribution in [2.75, 3.05) is 0 Å². The van der Waals surface area contributed by atoms with Crippen molar-refractivity contribution < 1.29 is 0 Å². The lowest BCUT2D eigenvalue weighted by Gasteiger charge is -2.43. The van der Waals surface area contributed by atoms with Gasteiger partial charge in [0.2, 0.25) is 0 Å². The van der Waals surface area contributed by atoms with E-state index in [9.17, 15) is 0 Å². The lowest BCUT2D eigenvalue weighted by molar-refractivity contribution is 0.0712. The average Bonchev–Trinajstić information content (AvgIpc) is 2.85. The van der Waals surface area contributed by atoms with Gasteiger partial charge in [-0.1, -0.05) is 151 Å². The Kier molecular flexibility index (Phi) is 15.4. The minimum absolute atomic E-state index is 0.477. The maximum absolute atomic E-state index is 2.59. The van der Waals surface area contributed by atoms with Crippen LogP contribution in [-0.4, -0.2) is 0 Å². The highest BCUT2D eigenvalue weighted by Gasteiger charge is 2.36. The van der Waals surface area contributed by atoms with E-state index < -0.39 is 0 Å². The van der Waals surface area contributed by atoms with Gasteiger partial charge in [-0.25, -0.2) is 0 Å². The molecule has 0 heteroatoms. The zero-order chi connectivity index (χ0) is 29.8. The summed E-state index contributed by atoms with van der Waals surface area (Å²) in [5.74, 6) is 6.41. The van der Waals surface area contributed by atoms with Crippen LogP contribution in [0.25, 0.3) is 0 Å². The zero-order valence-electron chi connectivity index (χ0n) is 29.0. The molecule has 0 amide bonds. The molecule has 2 aliphatic rings. The topological polar surface area (TPSA) is 0 Å². The van der Waals surface area contributed by atoms with Crippen LogP contribution >= 0.6 is 0 Å². The van der Waals surface area contributed by atoms with E-state index in [0.29, 0.717) is 22.7 Å². The molecule has 0 unspecified atom stereocenters. The first kappa shape index (κ1) is 35.4. The summed E-state index contributed by atoms with van der Waals surface area (Å²) in [5, 5.41) is 0. The summed E-state index contributed by atoms with van der Waals surface area (Å²) in [7, 11) is 0. The Labute approximate surface area is 253 Å². The fourth-order valence-corrected chi connectivity index (χ4v) is 8.31. The Morgan fingerprint density at radius 1 is 0.650 bits per heavy atom. The molecule has 0 saturated heterocycles. The minimum Gasteiger partial charge on any atom is -0.0883 e. The van der Waals surface area contributed by atoms with Crippen LogP contribution in [0, 0.1) is 58.2 Å². The lowest BCUT2D eigenvalue weighted by atomic mass is 9.62. The average molecular weight is 553 g/mol. The molecular formula is C40H72. The first-order valence-corrected chi connectivity index (χ1v) is 17.8. The summed E-state index contributed by atoms with van der Waals surface area (Å²) in [5.41, 5.74) is 1.03. The van der Waals surface area contributed by atoms with Crippen molar-refractivity contribution in [3.63, 3.8) is 0 Å². The lowest BCUT2D eigenvalue weighted by Crippen LogP contribution is -2.33. The summed E-state index contributed by atoms with van der Waals surface area (Å²) in [6, 6.07) is 0. The van der Waals surface area contributed by atoms with Crippen molar-refractivity contribution in [2.45, 2.75) is 159 Å². The van der Waals surface area contributed by atoms with Gasteiger partial charge in [0, 0.05) is 0 Å². The van der Waals surface area contributed by atoms with E-state index in [2.05, 4.69) is 106 Å². The first-order chi connectivity index (χ1) is 18.8. The molecule has 0 aromatic rings. The molecule has 8 atom stereocenters. The maximum atomic E-state index is 2.59. The van der Waals surface area contributed by atoms with Crippen LogP contribution in [0.2, 0.25) is 0 Å². The fourth-order valence-electron chi connectivity index (χ4n) is 8.31. The van der Waals surface area contributed by atoms with Gasteiger partial charge in [0.1, 0.15) is 0 Å². The summed E-state index contributed by atoms with van der Waals surface area (Å²) in [6.07, 6.45) is 34.0. The summed E-state index contributed by atoms with van der Waals surface area (Å²) < 4.78 is 0. The van der Waals surface area contributed by atoms with Crippen molar-refractivity contribution in [2.24, 2.45) is 58.2 Å². The molecule has 232 valence electrons. The highest BCUT2D eigenvalue weighted by atomic mass is 14.4. The molecule has 2 fully saturated rings. The zero-order valence-corrected chi connectivity index (χ0v) is 29.0. The number of allylic oxidation sites excluding steroid dienone is 6. The Balaban J connectivity index is 1.57. The molecule has 40 heavy (non-hydrogen) atoms. The van der Waals surface area contributed by atoms with Crippen LogP contribution in [0.1, 0.15) is 159 Å². The summed E-state index contributed by atoms with van der Waals surface area (Å²) in [4.78, 5) is 0. The highest BCUT2D eigenvalue weighted by Crippen LogP contribution is 2.47. The quantitative estimate of drug-likeness (QED) is 0.167. The molecule has 0 bridgehead atoms. The maximum Gasteiger partial charge on any atom is -0.0156 e. The third kappa shape index (κ3) is 12.6. The van der Waals surface area contributed by atoms with Crippen LogP contribution in [0.15, 0.2) is 36.5 Å². The van der Waals surface area contributed by atoms with E-state index in [-0.39, 0.29) is 0 Å². The Bertz CT molecular complexity index is 763. The van der Waals surface area contributed by atoms with Crippen molar-refractivity contribution >= 4 is 0 Å². The van der Waals surface area contributed by atoms with Crippen LogP contribution in [0.4, 0.5) is 0 Å². The smallest absolute Gasteiger partial charge is 0.0156 e. The van der Waals surface area contributed by atoms with Crippen molar-refractivity contribution in [3.8, 4) is 0 Å². The van der Waals surface area contributed by atoms with Gasteiger partial charge >= 0.3 is 0 Å². The molecule has 2 aliphatic carbocycles. The summed E-state index contributed by atoms with van der Waals surface area (Å²) in [6.45, 7) is 24.7. The van der Waals surface area contributed by atoms with Gasteiger partial charge in [-0.2, -0.15) is 0 Å². The molecular weight excluding hydrogens is 480 g/mol. The van der Waals surface area contributed by atoms with Crippen LogP contribution in [0.3, 0.4) is 0 Å². The number of hydrogen-bond donors (Lipinski definition) is 0. The van der Waals surface area contributed by atoms with Crippen molar-refractivity contribution in [1.29, 1.82) is 0 Å². The van der Waals surface area contributed by atoms with E-state index >= 15 is 0 Å². The largest absolute Gasteiger partial charge is 0.0883 e. The van der Waals surface area contributed by atoms with Gasteiger partial charge in [0.05, 0.1) is 0 Å². The monoisotopic (exact) mass is 553 g/mol. The molecule has 0 radical (unpaired) electrons. The third-order valence-electron chi connectivity index (χ3n) is 11.4. The Morgan fingerprint density at radius 3 is 1.93 bits per heavy atom. The molecule has 0 spiro atoms. The Morgan fingerprint density at radius 2 is 1.25 bits per heavy atom. The third-order valence-corrected chi connectivity index (χ3v) is 11.4. The standard InChI is InChI=1S/C40H72/c1-31(19-13-21-33(3)25-27-37-35(5)23-15-29-39(37,7)8)17-11-12-18-32(2)20-14-22-34(4)26-28-38-36(6)24-16-30-40(38,9)10/h11-13,19,26,28,31-38H,14-18,20-25,27,29-30H2,1-10H3/b12-11+,19-13+,28-26+/t31-,32-,33+,34-,35-,36-,37-,38-/m0/s1. The molecule has 0 aliphatic heterocycles. The molecule has 0 heterocycles. The molecule has 0 N–H and O–H groups in total. The van der Waals surface area contributed by atoms with E-state index in [4.69, 9.17) is 0 Å². The second kappa shape index (κ2) is 17.4. The van der Waals surface area contributed by atoms with Gasteiger partial charge in [0.15, 0.2) is 0 Å². The van der Waals surface area contributed by atoms with E-state index in [1.165, 1.54) is 89.9 Å². The normalized spacial score (nSPS) is 30.1. The van der Waals surface area contributed by atoms with Crippen molar-refractivity contribution in [1.82, 2.24) is 0 Å². The fraction of sp³-hybridized carbons (Fsp3) is 0.850. The van der Waals surface area contributed by atoms with E-state index in [1.54, 1.807) is 0 Å². The van der Waals surface area contributed by atoms with E-state index in [0.717, 1.165) is 35.5 Å². The second-order valence-corrected chi connectivity index (χ2v) is 16.5.